The zero-order valence-electron chi connectivity index (χ0n) is 10.5. The maximum atomic E-state index is 11.8. The molecule has 1 saturated carbocycles. The zero-order valence-corrected chi connectivity index (χ0v) is 10.5. The van der Waals surface area contributed by atoms with Gasteiger partial charge < -0.3 is 14.8 Å². The molecule has 1 aromatic heterocycles. The minimum absolute atomic E-state index is 0.00317. The monoisotopic (exact) mass is 251 g/mol. The first-order valence-corrected chi connectivity index (χ1v) is 6.09. The molecule has 0 radical (unpaired) electrons. The number of rotatable bonds is 5. The van der Waals surface area contributed by atoms with Gasteiger partial charge in [0.15, 0.2) is 0 Å². The molecule has 18 heavy (non-hydrogen) atoms. The van der Waals surface area contributed by atoms with E-state index in [0.717, 1.165) is 12.8 Å². The van der Waals surface area contributed by atoms with E-state index in [9.17, 15) is 9.59 Å². The Morgan fingerprint density at radius 1 is 1.56 bits per heavy atom. The van der Waals surface area contributed by atoms with Crippen molar-refractivity contribution in [3.8, 4) is 0 Å². The number of furan rings is 1. The molecule has 0 aliphatic heterocycles. The van der Waals surface area contributed by atoms with E-state index >= 15 is 0 Å². The number of aryl methyl sites for hydroxylation is 1. The summed E-state index contributed by atoms with van der Waals surface area (Å²) in [6, 6.07) is 1.46. The molecule has 1 atom stereocenters. The number of amides is 1. The number of carbonyl (C=O) groups excluding carboxylic acids is 1. The molecular formula is C13H17NO4. The molecule has 1 amide bonds. The minimum atomic E-state index is -1.01. The van der Waals surface area contributed by atoms with Gasteiger partial charge in [-0.05, 0) is 31.7 Å². The highest BCUT2D eigenvalue weighted by molar-refractivity contribution is 5.88. The van der Waals surface area contributed by atoms with Crippen LogP contribution in [-0.2, 0) is 11.3 Å². The highest BCUT2D eigenvalue weighted by atomic mass is 16.4. The van der Waals surface area contributed by atoms with Gasteiger partial charge in [-0.25, -0.2) is 4.79 Å². The molecule has 98 valence electrons. The molecular weight excluding hydrogens is 234 g/mol. The topological polar surface area (TPSA) is 79.5 Å². The number of carboxylic acids is 1. The second-order valence-corrected chi connectivity index (χ2v) is 4.83. The molecule has 0 bridgehead atoms. The Labute approximate surface area is 105 Å². The van der Waals surface area contributed by atoms with Crippen molar-refractivity contribution in [2.24, 2.45) is 11.8 Å². The molecule has 1 aliphatic rings. The van der Waals surface area contributed by atoms with Crippen LogP contribution >= 0.6 is 0 Å². The van der Waals surface area contributed by atoms with E-state index in [-0.39, 0.29) is 23.9 Å². The largest absolute Gasteiger partial charge is 0.478 e. The number of carbonyl (C=O) groups is 2. The Balaban J connectivity index is 1.91. The van der Waals surface area contributed by atoms with E-state index in [1.54, 1.807) is 6.92 Å². The molecule has 5 nitrogen and oxygen atoms in total. The van der Waals surface area contributed by atoms with Gasteiger partial charge in [0.25, 0.3) is 0 Å². The Bertz CT molecular complexity index is 473. The first-order valence-electron chi connectivity index (χ1n) is 6.09. The van der Waals surface area contributed by atoms with Gasteiger partial charge in [-0.1, -0.05) is 6.92 Å². The second-order valence-electron chi connectivity index (χ2n) is 4.83. The fraction of sp³-hybridized carbons (Fsp3) is 0.538. The van der Waals surface area contributed by atoms with Crippen LogP contribution in [0.5, 0.6) is 0 Å². The van der Waals surface area contributed by atoms with Gasteiger partial charge in [-0.3, -0.25) is 4.79 Å². The Hall–Kier alpha value is -1.78. The van der Waals surface area contributed by atoms with Crippen LogP contribution in [0.2, 0.25) is 0 Å². The third-order valence-electron chi connectivity index (χ3n) is 3.38. The van der Waals surface area contributed by atoms with Crippen molar-refractivity contribution >= 4 is 11.9 Å². The first kappa shape index (κ1) is 12.7. The van der Waals surface area contributed by atoms with Crippen LogP contribution in [0, 0.1) is 18.8 Å². The van der Waals surface area contributed by atoms with E-state index in [0.29, 0.717) is 17.4 Å². The van der Waals surface area contributed by atoms with Crippen LogP contribution in [0.3, 0.4) is 0 Å². The third-order valence-corrected chi connectivity index (χ3v) is 3.38. The van der Waals surface area contributed by atoms with Crippen LogP contribution in [0.4, 0.5) is 0 Å². The summed E-state index contributed by atoms with van der Waals surface area (Å²) in [5.74, 6) is 0.366. The lowest BCUT2D eigenvalue weighted by molar-refractivity contribution is -0.125. The summed E-state index contributed by atoms with van der Waals surface area (Å²) in [6.45, 7) is 3.76. The summed E-state index contributed by atoms with van der Waals surface area (Å²) in [6.07, 6.45) is 2.25. The van der Waals surface area contributed by atoms with Crippen molar-refractivity contribution < 1.29 is 19.1 Å². The minimum Gasteiger partial charge on any atom is -0.478 e. The fourth-order valence-corrected chi connectivity index (χ4v) is 1.99. The van der Waals surface area contributed by atoms with Gasteiger partial charge in [0.1, 0.15) is 17.1 Å². The summed E-state index contributed by atoms with van der Waals surface area (Å²) in [4.78, 5) is 22.6. The molecule has 0 saturated heterocycles. The normalized spacial score (nSPS) is 16.3. The van der Waals surface area contributed by atoms with Gasteiger partial charge >= 0.3 is 5.97 Å². The van der Waals surface area contributed by atoms with Gasteiger partial charge in [-0.2, -0.15) is 0 Å². The van der Waals surface area contributed by atoms with Crippen LogP contribution in [0.15, 0.2) is 10.5 Å². The molecule has 1 heterocycles. The van der Waals surface area contributed by atoms with E-state index in [4.69, 9.17) is 9.52 Å². The second kappa shape index (κ2) is 4.84. The first-order chi connectivity index (χ1) is 8.49. The maximum Gasteiger partial charge on any atom is 0.339 e. The summed E-state index contributed by atoms with van der Waals surface area (Å²) in [5.41, 5.74) is 0.148. The zero-order chi connectivity index (χ0) is 13.3. The predicted molar refractivity (Wildman–Crippen MR) is 64.1 cm³/mol. The average molecular weight is 251 g/mol. The molecule has 0 spiro atoms. The lowest BCUT2D eigenvalue weighted by Crippen LogP contribution is -2.29. The Morgan fingerprint density at radius 3 is 2.72 bits per heavy atom. The third kappa shape index (κ3) is 2.72. The van der Waals surface area contributed by atoms with Crippen molar-refractivity contribution in [1.82, 2.24) is 5.32 Å². The van der Waals surface area contributed by atoms with Crippen molar-refractivity contribution in [2.45, 2.75) is 33.2 Å². The number of nitrogens with one attached hydrogen (secondary N) is 1. The summed E-state index contributed by atoms with van der Waals surface area (Å²) in [5, 5.41) is 11.7. The average Bonchev–Trinajstić information content (AvgIpc) is 3.09. The lowest BCUT2D eigenvalue weighted by Gasteiger charge is -2.09. The number of aromatic carboxylic acids is 1. The van der Waals surface area contributed by atoms with E-state index < -0.39 is 5.97 Å². The molecule has 1 fully saturated rings. The number of hydrogen-bond acceptors (Lipinski definition) is 3. The van der Waals surface area contributed by atoms with Crippen LogP contribution in [0.25, 0.3) is 0 Å². The fourth-order valence-electron chi connectivity index (χ4n) is 1.99. The summed E-state index contributed by atoms with van der Waals surface area (Å²) >= 11 is 0. The SMILES string of the molecule is Cc1oc(CNC(=O)C(C)C2CC2)cc1C(=O)O. The van der Waals surface area contributed by atoms with Crippen molar-refractivity contribution in [2.75, 3.05) is 0 Å². The number of carboxylic acid groups (broad SMARTS) is 1. The molecule has 0 aromatic carbocycles. The van der Waals surface area contributed by atoms with Gasteiger partial charge in [0, 0.05) is 5.92 Å². The van der Waals surface area contributed by atoms with E-state index in [1.807, 2.05) is 6.92 Å². The van der Waals surface area contributed by atoms with Crippen molar-refractivity contribution in [1.29, 1.82) is 0 Å². The quantitative estimate of drug-likeness (QED) is 0.838. The van der Waals surface area contributed by atoms with E-state index in [2.05, 4.69) is 5.32 Å². The van der Waals surface area contributed by atoms with Gasteiger partial charge in [0.2, 0.25) is 5.91 Å². The predicted octanol–water partition coefficient (Wildman–Crippen LogP) is 1.95. The lowest BCUT2D eigenvalue weighted by atomic mass is 10.1. The number of hydrogen-bond donors (Lipinski definition) is 2. The summed E-state index contributed by atoms with van der Waals surface area (Å²) < 4.78 is 5.29. The Kier molecular flexibility index (Phi) is 3.41. The van der Waals surface area contributed by atoms with Crippen molar-refractivity contribution in [3.63, 3.8) is 0 Å². The maximum absolute atomic E-state index is 11.8. The van der Waals surface area contributed by atoms with Crippen LogP contribution < -0.4 is 5.32 Å². The van der Waals surface area contributed by atoms with Crippen LogP contribution in [-0.4, -0.2) is 17.0 Å². The summed E-state index contributed by atoms with van der Waals surface area (Å²) in [7, 11) is 0. The molecule has 1 aliphatic carbocycles. The molecule has 2 N–H and O–H groups in total. The Morgan fingerprint density at radius 2 is 2.22 bits per heavy atom. The molecule has 1 aromatic rings. The standard InChI is InChI=1S/C13H17NO4/c1-7(9-3-4-9)12(15)14-6-10-5-11(13(16)17)8(2)18-10/h5,7,9H,3-4,6H2,1-2H3,(H,14,15)(H,16,17). The van der Waals surface area contributed by atoms with E-state index in [1.165, 1.54) is 6.07 Å². The molecule has 2 rings (SSSR count). The highest BCUT2D eigenvalue weighted by Gasteiger charge is 2.32. The molecule has 5 heteroatoms. The smallest absolute Gasteiger partial charge is 0.339 e. The van der Waals surface area contributed by atoms with Crippen molar-refractivity contribution in [3.05, 3.63) is 23.2 Å². The van der Waals surface area contributed by atoms with Gasteiger partial charge in [-0.15, -0.1) is 0 Å². The molecule has 1 unspecified atom stereocenters. The van der Waals surface area contributed by atoms with Gasteiger partial charge in [0.05, 0.1) is 6.54 Å². The highest BCUT2D eigenvalue weighted by Crippen LogP contribution is 2.36. The van der Waals surface area contributed by atoms with Crippen LogP contribution in [0.1, 0.15) is 41.6 Å².